The maximum Gasteiger partial charge on any atom is 0.161 e. The third-order valence-corrected chi connectivity index (χ3v) is 2.43. The molecule has 0 saturated carbocycles. The number of benzene rings is 1. The number of hydrogen-bond donors (Lipinski definition) is 1. The van der Waals surface area contributed by atoms with Gasteiger partial charge in [0, 0.05) is 12.4 Å². The molecule has 0 radical (unpaired) electrons. The van der Waals surface area contributed by atoms with E-state index in [0.717, 1.165) is 5.56 Å². The molecule has 1 heterocycles. The van der Waals surface area contributed by atoms with Gasteiger partial charge in [0.1, 0.15) is 6.61 Å². The van der Waals surface area contributed by atoms with E-state index in [9.17, 15) is 0 Å². The first kappa shape index (κ1) is 10.8. The fourth-order valence-electron chi connectivity index (χ4n) is 1.31. The molecule has 0 aliphatic heterocycles. The lowest BCUT2D eigenvalue weighted by molar-refractivity contribution is 0.308. The van der Waals surface area contributed by atoms with Crippen LogP contribution in [0.3, 0.4) is 0 Å². The van der Waals surface area contributed by atoms with Crippen LogP contribution in [0, 0.1) is 0 Å². The van der Waals surface area contributed by atoms with Gasteiger partial charge in [0.15, 0.2) is 5.75 Å². The monoisotopic (exact) mass is 234 g/mol. The lowest BCUT2D eigenvalue weighted by atomic mass is 10.3. The van der Waals surface area contributed by atoms with Crippen molar-refractivity contribution >= 4 is 17.3 Å². The lowest BCUT2D eigenvalue weighted by Crippen LogP contribution is -1.99. The Bertz CT molecular complexity index is 453. The van der Waals surface area contributed by atoms with Crippen molar-refractivity contribution in [3.05, 3.63) is 53.3 Å². The number of halogens is 1. The van der Waals surface area contributed by atoms with Crippen molar-refractivity contribution < 1.29 is 4.74 Å². The van der Waals surface area contributed by atoms with E-state index in [1.54, 1.807) is 30.6 Å². The summed E-state index contributed by atoms with van der Waals surface area (Å²) in [7, 11) is 0. The zero-order valence-electron chi connectivity index (χ0n) is 8.56. The Morgan fingerprint density at radius 1 is 1.19 bits per heavy atom. The maximum atomic E-state index is 5.98. The zero-order valence-corrected chi connectivity index (χ0v) is 9.32. The summed E-state index contributed by atoms with van der Waals surface area (Å²) in [4.78, 5) is 3.93. The van der Waals surface area contributed by atoms with Crippen LogP contribution < -0.4 is 10.5 Å². The summed E-state index contributed by atoms with van der Waals surface area (Å²) in [6, 6.07) is 9.06. The molecule has 0 fully saturated rings. The van der Waals surface area contributed by atoms with Crippen molar-refractivity contribution in [3.8, 4) is 5.75 Å². The molecular formula is C12H11ClN2O. The smallest absolute Gasteiger partial charge is 0.161 e. The number of pyridine rings is 1. The number of anilines is 1. The Kier molecular flexibility index (Phi) is 3.27. The molecule has 3 nitrogen and oxygen atoms in total. The standard InChI is InChI=1S/C12H11ClN2O/c13-10-2-1-3-11(14)12(10)16-8-9-4-6-15-7-5-9/h1-7H,8,14H2. The van der Waals surface area contributed by atoms with Crippen molar-refractivity contribution in [2.75, 3.05) is 5.73 Å². The molecule has 0 bridgehead atoms. The summed E-state index contributed by atoms with van der Waals surface area (Å²) in [6.07, 6.45) is 3.43. The van der Waals surface area contributed by atoms with E-state index >= 15 is 0 Å². The quantitative estimate of drug-likeness (QED) is 0.831. The minimum Gasteiger partial charge on any atom is -0.485 e. The molecular weight excluding hydrogens is 224 g/mol. The summed E-state index contributed by atoms with van der Waals surface area (Å²) in [6.45, 7) is 0.427. The van der Waals surface area contributed by atoms with Gasteiger partial charge in [-0.15, -0.1) is 0 Å². The summed E-state index contributed by atoms with van der Waals surface area (Å²) < 4.78 is 5.57. The van der Waals surface area contributed by atoms with Gasteiger partial charge in [0.2, 0.25) is 0 Å². The van der Waals surface area contributed by atoms with Crippen LogP contribution in [0.2, 0.25) is 5.02 Å². The predicted molar refractivity (Wildman–Crippen MR) is 64.4 cm³/mol. The average Bonchev–Trinajstić information content (AvgIpc) is 2.30. The molecule has 1 aromatic carbocycles. The van der Waals surface area contributed by atoms with Crippen LogP contribution in [0.25, 0.3) is 0 Å². The Hall–Kier alpha value is -1.74. The van der Waals surface area contributed by atoms with Gasteiger partial charge in [-0.25, -0.2) is 0 Å². The van der Waals surface area contributed by atoms with Crippen LogP contribution >= 0.6 is 11.6 Å². The van der Waals surface area contributed by atoms with Crippen LogP contribution in [0.4, 0.5) is 5.69 Å². The number of para-hydroxylation sites is 1. The normalized spacial score (nSPS) is 10.1. The fourth-order valence-corrected chi connectivity index (χ4v) is 1.55. The van der Waals surface area contributed by atoms with Gasteiger partial charge in [0.05, 0.1) is 10.7 Å². The highest BCUT2D eigenvalue weighted by Crippen LogP contribution is 2.31. The van der Waals surface area contributed by atoms with E-state index in [1.807, 2.05) is 12.1 Å². The third-order valence-electron chi connectivity index (χ3n) is 2.13. The lowest BCUT2D eigenvalue weighted by Gasteiger charge is -2.10. The van der Waals surface area contributed by atoms with Gasteiger partial charge in [0.25, 0.3) is 0 Å². The number of ether oxygens (including phenoxy) is 1. The Morgan fingerprint density at radius 2 is 1.94 bits per heavy atom. The van der Waals surface area contributed by atoms with Crippen LogP contribution in [-0.4, -0.2) is 4.98 Å². The van der Waals surface area contributed by atoms with Gasteiger partial charge in [-0.2, -0.15) is 0 Å². The van der Waals surface area contributed by atoms with Crippen molar-refractivity contribution in [2.24, 2.45) is 0 Å². The van der Waals surface area contributed by atoms with Gasteiger partial charge in [-0.1, -0.05) is 17.7 Å². The summed E-state index contributed by atoms with van der Waals surface area (Å²) in [5, 5.41) is 0.522. The highest BCUT2D eigenvalue weighted by molar-refractivity contribution is 6.32. The van der Waals surface area contributed by atoms with Crippen LogP contribution in [-0.2, 0) is 6.61 Å². The highest BCUT2D eigenvalue weighted by atomic mass is 35.5. The van der Waals surface area contributed by atoms with E-state index in [-0.39, 0.29) is 0 Å². The van der Waals surface area contributed by atoms with Gasteiger partial charge in [-0.3, -0.25) is 4.98 Å². The van der Waals surface area contributed by atoms with E-state index in [1.165, 1.54) is 0 Å². The van der Waals surface area contributed by atoms with Crippen molar-refractivity contribution in [3.63, 3.8) is 0 Å². The highest BCUT2D eigenvalue weighted by Gasteiger charge is 2.05. The first-order valence-corrected chi connectivity index (χ1v) is 5.21. The largest absolute Gasteiger partial charge is 0.485 e. The minimum absolute atomic E-state index is 0.427. The average molecular weight is 235 g/mol. The Morgan fingerprint density at radius 3 is 2.62 bits per heavy atom. The molecule has 2 rings (SSSR count). The second-order valence-electron chi connectivity index (χ2n) is 3.30. The van der Waals surface area contributed by atoms with E-state index in [4.69, 9.17) is 22.1 Å². The van der Waals surface area contributed by atoms with E-state index < -0.39 is 0 Å². The fraction of sp³-hybridized carbons (Fsp3) is 0.0833. The maximum absolute atomic E-state index is 5.98. The molecule has 2 aromatic rings. The number of nitrogen functional groups attached to an aromatic ring is 1. The van der Waals surface area contributed by atoms with E-state index in [0.29, 0.717) is 23.1 Å². The molecule has 16 heavy (non-hydrogen) atoms. The molecule has 4 heteroatoms. The first-order valence-electron chi connectivity index (χ1n) is 4.83. The summed E-state index contributed by atoms with van der Waals surface area (Å²) in [5.41, 5.74) is 7.33. The molecule has 0 spiro atoms. The molecule has 82 valence electrons. The van der Waals surface area contributed by atoms with Crippen molar-refractivity contribution in [1.82, 2.24) is 4.98 Å². The first-order chi connectivity index (χ1) is 7.77. The Balaban J connectivity index is 2.11. The predicted octanol–water partition coefficient (Wildman–Crippen LogP) is 2.90. The molecule has 0 atom stereocenters. The van der Waals surface area contributed by atoms with Crippen LogP contribution in [0.5, 0.6) is 5.75 Å². The zero-order chi connectivity index (χ0) is 11.4. The molecule has 0 unspecified atom stereocenters. The molecule has 0 aliphatic carbocycles. The topological polar surface area (TPSA) is 48.1 Å². The molecule has 1 aromatic heterocycles. The van der Waals surface area contributed by atoms with Gasteiger partial charge in [-0.05, 0) is 29.8 Å². The van der Waals surface area contributed by atoms with Crippen molar-refractivity contribution in [1.29, 1.82) is 0 Å². The van der Waals surface area contributed by atoms with Gasteiger partial charge < -0.3 is 10.5 Å². The molecule has 0 aliphatic rings. The van der Waals surface area contributed by atoms with Crippen LogP contribution in [0.1, 0.15) is 5.56 Å². The van der Waals surface area contributed by atoms with Crippen molar-refractivity contribution in [2.45, 2.75) is 6.61 Å². The molecule has 2 N–H and O–H groups in total. The number of nitrogens with two attached hydrogens (primary N) is 1. The summed E-state index contributed by atoms with van der Waals surface area (Å²) >= 11 is 5.98. The molecule has 0 amide bonds. The van der Waals surface area contributed by atoms with E-state index in [2.05, 4.69) is 4.98 Å². The summed E-state index contributed by atoms with van der Waals surface area (Å²) in [5.74, 6) is 0.529. The number of nitrogens with zero attached hydrogens (tertiary/aromatic N) is 1. The second kappa shape index (κ2) is 4.86. The number of aromatic nitrogens is 1. The Labute approximate surface area is 98.8 Å². The molecule has 0 saturated heterocycles. The number of rotatable bonds is 3. The SMILES string of the molecule is Nc1cccc(Cl)c1OCc1ccncc1. The second-order valence-corrected chi connectivity index (χ2v) is 3.71. The number of hydrogen-bond acceptors (Lipinski definition) is 3. The minimum atomic E-state index is 0.427. The van der Waals surface area contributed by atoms with Crippen LogP contribution in [0.15, 0.2) is 42.7 Å². The van der Waals surface area contributed by atoms with Gasteiger partial charge >= 0.3 is 0 Å². The third kappa shape index (κ3) is 2.44.